The fourth-order valence-corrected chi connectivity index (χ4v) is 5.05. The molecule has 1 unspecified atom stereocenters. The highest BCUT2D eigenvalue weighted by Gasteiger charge is 2.35. The monoisotopic (exact) mass is 566 g/mol. The third kappa shape index (κ3) is 9.10. The summed E-state index contributed by atoms with van der Waals surface area (Å²) in [6.07, 6.45) is -2.25. The van der Waals surface area contributed by atoms with E-state index in [4.69, 9.17) is 9.47 Å². The third-order valence-corrected chi connectivity index (χ3v) is 7.41. The van der Waals surface area contributed by atoms with Crippen molar-refractivity contribution in [3.05, 3.63) is 138 Å². The molecular formula is C32H33F2O5P. The summed E-state index contributed by atoms with van der Waals surface area (Å²) >= 11 is 0. The van der Waals surface area contributed by atoms with Crippen LogP contribution in [0, 0.1) is 5.41 Å². The van der Waals surface area contributed by atoms with E-state index in [1.807, 2.05) is 78.9 Å². The Bertz CT molecular complexity index is 1290. The number of ether oxygens (including phenoxy) is 2. The summed E-state index contributed by atoms with van der Waals surface area (Å²) in [5.41, 5.74) is 3.68. The molecule has 5 nitrogen and oxygen atoms in total. The van der Waals surface area contributed by atoms with E-state index in [1.54, 1.807) is 12.1 Å². The summed E-state index contributed by atoms with van der Waals surface area (Å²) in [7, 11) is -5.05. The quantitative estimate of drug-likeness (QED) is 0.150. The first-order valence-corrected chi connectivity index (χ1v) is 14.6. The summed E-state index contributed by atoms with van der Waals surface area (Å²) in [5.74, 6) is -0.0933. The number of alkyl halides is 2. The second-order valence-corrected chi connectivity index (χ2v) is 11.6. The van der Waals surface area contributed by atoms with Gasteiger partial charge in [0, 0.05) is 5.41 Å². The van der Waals surface area contributed by atoms with Crippen LogP contribution >= 0.6 is 7.60 Å². The van der Waals surface area contributed by atoms with Gasteiger partial charge in [-0.15, -0.1) is 0 Å². The maximum atomic E-state index is 12.8. The summed E-state index contributed by atoms with van der Waals surface area (Å²) in [4.78, 5) is 9.40. The van der Waals surface area contributed by atoms with E-state index < -0.39 is 19.2 Å². The summed E-state index contributed by atoms with van der Waals surface area (Å²) in [6, 6.07) is 36.3. The first-order chi connectivity index (χ1) is 19.3. The smallest absolute Gasteiger partial charge is 0.421 e. The molecule has 40 heavy (non-hydrogen) atoms. The highest BCUT2D eigenvalue weighted by molar-refractivity contribution is 7.53. The molecule has 8 heteroatoms. The predicted molar refractivity (Wildman–Crippen MR) is 151 cm³/mol. The summed E-state index contributed by atoms with van der Waals surface area (Å²) < 4.78 is 54.5. The summed E-state index contributed by atoms with van der Waals surface area (Å²) in [6.45, 7) is 1.70. The van der Waals surface area contributed by atoms with Gasteiger partial charge in [-0.3, -0.25) is 0 Å². The van der Waals surface area contributed by atoms with Gasteiger partial charge < -0.3 is 18.9 Å². The number of halogens is 2. The molecule has 0 amide bonds. The highest BCUT2D eigenvalue weighted by atomic mass is 31.2. The van der Waals surface area contributed by atoms with E-state index >= 15 is 0 Å². The number of hydrogen-bond donors (Lipinski definition) is 1. The molecule has 0 aliphatic carbocycles. The zero-order valence-corrected chi connectivity index (χ0v) is 23.0. The average Bonchev–Trinajstić information content (AvgIpc) is 2.96. The molecule has 0 spiro atoms. The molecule has 210 valence electrons. The normalized spacial score (nSPS) is 13.2. The molecule has 1 N–H and O–H groups in total. The standard InChI is InChI=1S/C32H33F2O5P/c33-31(34)40(35,36)39-30-18-16-27(17-19-30)21-32(20-26-10-4-1-5-11-26,24-37-22-28-12-6-2-7-13-28)25-38-23-29-14-8-3-9-15-29/h1-19,31H,20-25H2,(H,35,36). The number of benzene rings is 4. The van der Waals surface area contributed by atoms with Crippen LogP contribution in [-0.4, -0.2) is 24.3 Å². The minimum absolute atomic E-state index is 0.0933. The molecule has 0 radical (unpaired) electrons. The number of rotatable bonds is 15. The van der Waals surface area contributed by atoms with Crippen molar-refractivity contribution in [2.24, 2.45) is 5.41 Å². The molecule has 0 bridgehead atoms. The molecule has 4 aromatic carbocycles. The second-order valence-electron chi connectivity index (χ2n) is 9.87. The fraction of sp³-hybridized carbons (Fsp3) is 0.250. The van der Waals surface area contributed by atoms with Crippen LogP contribution in [0.5, 0.6) is 5.75 Å². The van der Waals surface area contributed by atoms with Crippen LogP contribution in [0.15, 0.2) is 115 Å². The Morgan fingerprint density at radius 3 is 1.45 bits per heavy atom. The van der Waals surface area contributed by atoms with Crippen molar-refractivity contribution < 1.29 is 32.2 Å². The fourth-order valence-electron chi connectivity index (χ4n) is 4.55. The molecule has 4 aromatic rings. The minimum atomic E-state index is -5.05. The van der Waals surface area contributed by atoms with Crippen molar-refractivity contribution in [2.45, 2.75) is 32.2 Å². The Kier molecular flexibility index (Phi) is 10.6. The zero-order valence-electron chi connectivity index (χ0n) is 22.1. The SMILES string of the molecule is O=P(O)(Oc1ccc(CC(COCc2ccccc2)(COCc2ccccc2)Cc2ccccc2)cc1)C(F)F. The van der Waals surface area contributed by atoms with E-state index in [0.29, 0.717) is 39.3 Å². The molecular weight excluding hydrogens is 533 g/mol. The van der Waals surface area contributed by atoms with E-state index in [-0.39, 0.29) is 5.75 Å². The van der Waals surface area contributed by atoms with Crippen LogP contribution in [0.2, 0.25) is 0 Å². The van der Waals surface area contributed by atoms with Gasteiger partial charge >= 0.3 is 13.8 Å². The molecule has 0 aliphatic rings. The lowest BCUT2D eigenvalue weighted by molar-refractivity contribution is -0.0331. The maximum absolute atomic E-state index is 12.8. The molecule has 1 atom stereocenters. The van der Waals surface area contributed by atoms with Gasteiger partial charge in [0.15, 0.2) is 0 Å². The molecule has 0 fully saturated rings. The number of hydrogen-bond acceptors (Lipinski definition) is 4. The first-order valence-electron chi connectivity index (χ1n) is 13.0. The van der Waals surface area contributed by atoms with E-state index in [1.165, 1.54) is 12.1 Å². The van der Waals surface area contributed by atoms with Crippen molar-refractivity contribution in [1.82, 2.24) is 0 Å². The molecule has 0 heterocycles. The Hall–Kier alpha value is -3.35. The van der Waals surface area contributed by atoms with Gasteiger partial charge in [-0.25, -0.2) is 4.57 Å². The van der Waals surface area contributed by atoms with Crippen molar-refractivity contribution in [1.29, 1.82) is 0 Å². The lowest BCUT2D eigenvalue weighted by Crippen LogP contribution is -2.37. The van der Waals surface area contributed by atoms with Crippen LogP contribution in [-0.2, 0) is 40.1 Å². The van der Waals surface area contributed by atoms with E-state index in [0.717, 1.165) is 22.3 Å². The van der Waals surface area contributed by atoms with Crippen molar-refractivity contribution in [3.63, 3.8) is 0 Å². The highest BCUT2D eigenvalue weighted by Crippen LogP contribution is 2.49. The van der Waals surface area contributed by atoms with Crippen LogP contribution in [0.1, 0.15) is 22.3 Å². The molecule has 0 aliphatic heterocycles. The Labute approximate surface area is 233 Å². The van der Waals surface area contributed by atoms with E-state index in [2.05, 4.69) is 16.7 Å². The van der Waals surface area contributed by atoms with Crippen molar-refractivity contribution in [3.8, 4) is 5.75 Å². The largest absolute Gasteiger partial charge is 0.442 e. The van der Waals surface area contributed by atoms with Gasteiger partial charge in [-0.2, -0.15) is 8.78 Å². The van der Waals surface area contributed by atoms with Crippen molar-refractivity contribution >= 4 is 7.60 Å². The molecule has 4 rings (SSSR count). The zero-order chi connectivity index (χ0) is 28.3. The van der Waals surface area contributed by atoms with Gasteiger partial charge in [0.05, 0.1) is 26.4 Å². The lowest BCUT2D eigenvalue weighted by Gasteiger charge is -2.34. The maximum Gasteiger partial charge on any atom is 0.442 e. The van der Waals surface area contributed by atoms with Gasteiger partial charge in [-0.1, -0.05) is 103 Å². The molecule has 0 saturated heterocycles. The predicted octanol–water partition coefficient (Wildman–Crippen LogP) is 7.68. The summed E-state index contributed by atoms with van der Waals surface area (Å²) in [5, 5.41) is 0. The average molecular weight is 567 g/mol. The van der Waals surface area contributed by atoms with Crippen molar-refractivity contribution in [2.75, 3.05) is 13.2 Å². The second kappa shape index (κ2) is 14.3. The van der Waals surface area contributed by atoms with E-state index in [9.17, 15) is 18.2 Å². The molecule has 0 aromatic heterocycles. The minimum Gasteiger partial charge on any atom is -0.421 e. The Morgan fingerprint density at radius 1 is 0.625 bits per heavy atom. The topological polar surface area (TPSA) is 65.0 Å². The van der Waals surface area contributed by atoms with Gasteiger partial charge in [-0.05, 0) is 47.2 Å². The van der Waals surface area contributed by atoms with Crippen LogP contribution in [0.25, 0.3) is 0 Å². The third-order valence-electron chi connectivity index (χ3n) is 6.45. The lowest BCUT2D eigenvalue weighted by atomic mass is 9.77. The van der Waals surface area contributed by atoms with Gasteiger partial charge in [0.1, 0.15) is 5.75 Å². The van der Waals surface area contributed by atoms with Crippen LogP contribution < -0.4 is 4.52 Å². The molecule has 0 saturated carbocycles. The first kappa shape index (κ1) is 29.6. The van der Waals surface area contributed by atoms with Gasteiger partial charge in [0.2, 0.25) is 0 Å². The Balaban J connectivity index is 1.57. The van der Waals surface area contributed by atoms with Gasteiger partial charge in [0.25, 0.3) is 0 Å². The van der Waals surface area contributed by atoms with Crippen LogP contribution in [0.4, 0.5) is 8.78 Å². The Morgan fingerprint density at radius 2 is 1.02 bits per heavy atom. The van der Waals surface area contributed by atoms with Crippen LogP contribution in [0.3, 0.4) is 0 Å².